The highest BCUT2D eigenvalue weighted by molar-refractivity contribution is 6.30. The summed E-state index contributed by atoms with van der Waals surface area (Å²) in [5.74, 6) is -0.998. The molecule has 21 heavy (non-hydrogen) atoms. The zero-order chi connectivity index (χ0) is 15.6. The first-order valence-corrected chi connectivity index (χ1v) is 6.76. The molecule has 0 amide bonds. The lowest BCUT2D eigenvalue weighted by atomic mass is 9.98. The highest BCUT2D eigenvalue weighted by Gasteiger charge is 2.21. The number of aryl methyl sites for hydroxylation is 1. The number of hydrogen-bond donors (Lipinski definition) is 1. The average molecular weight is 313 g/mol. The van der Waals surface area contributed by atoms with Crippen LogP contribution in [0, 0.1) is 18.6 Å². The zero-order valence-corrected chi connectivity index (χ0v) is 12.4. The van der Waals surface area contributed by atoms with Crippen LogP contribution in [0.15, 0.2) is 30.3 Å². The Morgan fingerprint density at radius 3 is 2.62 bits per heavy atom. The summed E-state index contributed by atoms with van der Waals surface area (Å²) in [6.45, 7) is 1.52. The van der Waals surface area contributed by atoms with Crippen LogP contribution in [0.25, 0.3) is 0 Å². The first-order chi connectivity index (χ1) is 9.93. The van der Waals surface area contributed by atoms with Crippen molar-refractivity contribution in [2.45, 2.75) is 19.4 Å². The van der Waals surface area contributed by atoms with Crippen molar-refractivity contribution in [1.29, 1.82) is 0 Å². The molecule has 1 atom stereocenters. The molecule has 1 N–H and O–H groups in total. The van der Waals surface area contributed by atoms with E-state index < -0.39 is 17.7 Å². The van der Waals surface area contributed by atoms with Gasteiger partial charge in [-0.05, 0) is 42.3 Å². The third-order valence-corrected chi connectivity index (χ3v) is 3.54. The van der Waals surface area contributed by atoms with E-state index in [1.807, 2.05) is 0 Å². The molecule has 2 aromatic carbocycles. The molecule has 1 unspecified atom stereocenters. The fourth-order valence-electron chi connectivity index (χ4n) is 2.20. The molecule has 112 valence electrons. The minimum Gasteiger partial charge on any atom is -0.496 e. The highest BCUT2D eigenvalue weighted by Crippen LogP contribution is 2.30. The first-order valence-electron chi connectivity index (χ1n) is 6.39. The summed E-state index contributed by atoms with van der Waals surface area (Å²) in [7, 11) is 1.48. The zero-order valence-electron chi connectivity index (χ0n) is 11.7. The van der Waals surface area contributed by atoms with Gasteiger partial charge in [-0.1, -0.05) is 17.7 Å². The van der Waals surface area contributed by atoms with Crippen molar-refractivity contribution in [2.24, 2.45) is 0 Å². The predicted molar refractivity (Wildman–Crippen MR) is 77.8 cm³/mol. The Balaban J connectivity index is 2.37. The second-order valence-electron chi connectivity index (χ2n) is 4.77. The van der Waals surface area contributed by atoms with Crippen LogP contribution in [0.1, 0.15) is 22.8 Å². The maximum absolute atomic E-state index is 14.0. The molecule has 0 aromatic heterocycles. The van der Waals surface area contributed by atoms with Crippen LogP contribution < -0.4 is 4.74 Å². The van der Waals surface area contributed by atoms with E-state index in [1.165, 1.54) is 20.1 Å². The van der Waals surface area contributed by atoms with Crippen LogP contribution in [-0.4, -0.2) is 12.2 Å². The molecule has 2 rings (SSSR count). The number of methoxy groups -OCH3 is 1. The van der Waals surface area contributed by atoms with Gasteiger partial charge in [-0.3, -0.25) is 0 Å². The van der Waals surface area contributed by atoms with Crippen molar-refractivity contribution in [1.82, 2.24) is 0 Å². The third-order valence-electron chi connectivity index (χ3n) is 3.31. The van der Waals surface area contributed by atoms with Gasteiger partial charge < -0.3 is 9.84 Å². The Hall–Kier alpha value is -1.65. The molecule has 0 aliphatic rings. The van der Waals surface area contributed by atoms with E-state index in [1.54, 1.807) is 18.2 Å². The van der Waals surface area contributed by atoms with Gasteiger partial charge in [0.25, 0.3) is 0 Å². The second kappa shape index (κ2) is 6.41. The summed E-state index contributed by atoms with van der Waals surface area (Å²) in [4.78, 5) is 0. The standard InChI is InChI=1S/C16H15ClF2O2/c1-9-3-5-12(18)15(16(9)19)13(20)8-10-7-11(17)4-6-14(10)21-2/h3-7,13,20H,8H2,1-2H3. The van der Waals surface area contributed by atoms with Crippen molar-refractivity contribution in [2.75, 3.05) is 7.11 Å². The molecule has 2 aromatic rings. The number of aliphatic hydroxyl groups is 1. The number of hydrogen-bond acceptors (Lipinski definition) is 2. The van der Waals surface area contributed by atoms with Crippen LogP contribution in [0.2, 0.25) is 5.02 Å². The number of rotatable bonds is 4. The number of halogens is 3. The van der Waals surface area contributed by atoms with Crippen LogP contribution in [0.4, 0.5) is 8.78 Å². The maximum atomic E-state index is 14.0. The average Bonchev–Trinajstić information content (AvgIpc) is 2.43. The lowest BCUT2D eigenvalue weighted by molar-refractivity contribution is 0.167. The summed E-state index contributed by atoms with van der Waals surface area (Å²) in [6, 6.07) is 7.37. The third kappa shape index (κ3) is 3.34. The van der Waals surface area contributed by atoms with Gasteiger partial charge in [-0.25, -0.2) is 8.78 Å². The molecule has 0 saturated carbocycles. The second-order valence-corrected chi connectivity index (χ2v) is 5.20. The number of benzene rings is 2. The monoisotopic (exact) mass is 312 g/mol. The lowest BCUT2D eigenvalue weighted by Gasteiger charge is -2.16. The molecule has 0 fully saturated rings. The van der Waals surface area contributed by atoms with E-state index in [2.05, 4.69) is 0 Å². The summed E-state index contributed by atoms with van der Waals surface area (Å²) in [6.07, 6.45) is -1.32. The Morgan fingerprint density at radius 1 is 1.24 bits per heavy atom. The van der Waals surface area contributed by atoms with Gasteiger partial charge in [-0.2, -0.15) is 0 Å². The van der Waals surface area contributed by atoms with Crippen LogP contribution >= 0.6 is 11.6 Å². The molecule has 0 bridgehead atoms. The Morgan fingerprint density at radius 2 is 1.95 bits per heavy atom. The molecule has 0 heterocycles. The number of aliphatic hydroxyl groups excluding tert-OH is 1. The molecular weight excluding hydrogens is 298 g/mol. The van der Waals surface area contributed by atoms with Crippen LogP contribution in [0.5, 0.6) is 5.75 Å². The molecule has 0 spiro atoms. The van der Waals surface area contributed by atoms with Gasteiger partial charge in [0, 0.05) is 11.4 Å². The Labute approximate surface area is 126 Å². The van der Waals surface area contributed by atoms with E-state index in [4.69, 9.17) is 16.3 Å². The largest absolute Gasteiger partial charge is 0.496 e. The maximum Gasteiger partial charge on any atom is 0.134 e. The fraction of sp³-hybridized carbons (Fsp3) is 0.250. The van der Waals surface area contributed by atoms with Gasteiger partial charge in [0.05, 0.1) is 18.8 Å². The molecule has 2 nitrogen and oxygen atoms in total. The van der Waals surface area contributed by atoms with Crippen molar-refractivity contribution in [3.8, 4) is 5.75 Å². The van der Waals surface area contributed by atoms with Crippen molar-refractivity contribution in [3.05, 3.63) is 63.7 Å². The van der Waals surface area contributed by atoms with Crippen LogP contribution in [-0.2, 0) is 6.42 Å². The first kappa shape index (κ1) is 15.7. The van der Waals surface area contributed by atoms with E-state index in [0.717, 1.165) is 6.07 Å². The van der Waals surface area contributed by atoms with Gasteiger partial charge >= 0.3 is 0 Å². The summed E-state index contributed by atoms with van der Waals surface area (Å²) < 4.78 is 33.0. The van der Waals surface area contributed by atoms with Gasteiger partial charge in [-0.15, -0.1) is 0 Å². The van der Waals surface area contributed by atoms with E-state index in [9.17, 15) is 13.9 Å². The van der Waals surface area contributed by atoms with Crippen molar-refractivity contribution in [3.63, 3.8) is 0 Å². The Kier molecular flexibility index (Phi) is 4.80. The molecule has 0 radical (unpaired) electrons. The van der Waals surface area contributed by atoms with Gasteiger partial charge in [0.2, 0.25) is 0 Å². The predicted octanol–water partition coefficient (Wildman–Crippen LogP) is 4.21. The molecular formula is C16H15ClF2O2. The van der Waals surface area contributed by atoms with Gasteiger partial charge in [0.15, 0.2) is 0 Å². The van der Waals surface area contributed by atoms with Gasteiger partial charge in [0.1, 0.15) is 17.4 Å². The fourth-order valence-corrected chi connectivity index (χ4v) is 2.40. The molecule has 5 heteroatoms. The quantitative estimate of drug-likeness (QED) is 0.916. The van der Waals surface area contributed by atoms with Crippen molar-refractivity contribution >= 4 is 11.6 Å². The van der Waals surface area contributed by atoms with Crippen LogP contribution in [0.3, 0.4) is 0 Å². The molecule has 0 aliphatic carbocycles. The topological polar surface area (TPSA) is 29.5 Å². The minimum atomic E-state index is -1.32. The van der Waals surface area contributed by atoms with E-state index in [0.29, 0.717) is 16.3 Å². The van der Waals surface area contributed by atoms with Crippen molar-refractivity contribution < 1.29 is 18.6 Å². The lowest BCUT2D eigenvalue weighted by Crippen LogP contribution is -2.09. The highest BCUT2D eigenvalue weighted by atomic mass is 35.5. The SMILES string of the molecule is COc1ccc(Cl)cc1CC(O)c1c(F)ccc(C)c1F. The Bertz CT molecular complexity index is 659. The summed E-state index contributed by atoms with van der Waals surface area (Å²) in [5.41, 5.74) is 0.526. The minimum absolute atomic E-state index is 0.00102. The smallest absolute Gasteiger partial charge is 0.134 e. The van der Waals surface area contributed by atoms with E-state index >= 15 is 0 Å². The summed E-state index contributed by atoms with van der Waals surface area (Å²) >= 11 is 5.91. The molecule has 0 aliphatic heterocycles. The van der Waals surface area contributed by atoms with E-state index in [-0.39, 0.29) is 17.5 Å². The summed E-state index contributed by atoms with van der Waals surface area (Å²) in [5, 5.41) is 10.7. The normalized spacial score (nSPS) is 12.3. The molecule has 0 saturated heterocycles. The number of ether oxygens (including phenoxy) is 1.